The second-order valence-corrected chi connectivity index (χ2v) is 6.16. The molecule has 3 heterocycles. The van der Waals surface area contributed by atoms with Crippen LogP contribution in [0.4, 0.5) is 0 Å². The van der Waals surface area contributed by atoms with Gasteiger partial charge in [-0.2, -0.15) is 0 Å². The van der Waals surface area contributed by atoms with E-state index in [9.17, 15) is 4.79 Å². The highest BCUT2D eigenvalue weighted by atomic mass is 32.1. The van der Waals surface area contributed by atoms with Crippen LogP contribution in [-0.4, -0.2) is 9.97 Å². The van der Waals surface area contributed by atoms with E-state index < -0.39 is 0 Å². The maximum atomic E-state index is 11.8. The quantitative estimate of drug-likeness (QED) is 0.777. The molecule has 0 saturated carbocycles. The molecule has 0 amide bonds. The lowest BCUT2D eigenvalue weighted by Crippen LogP contribution is -2.21. The van der Waals surface area contributed by atoms with E-state index in [0.717, 1.165) is 5.52 Å². The van der Waals surface area contributed by atoms with Crippen LogP contribution in [0.3, 0.4) is 0 Å². The minimum Gasteiger partial charge on any atom is -0.308 e. The Hall–Kier alpha value is -1.50. The van der Waals surface area contributed by atoms with Crippen LogP contribution in [0, 0.1) is 0 Å². The van der Waals surface area contributed by atoms with Crippen LogP contribution < -0.4 is 10.9 Å². The van der Waals surface area contributed by atoms with Crippen molar-refractivity contribution in [2.45, 2.75) is 19.5 Å². The summed E-state index contributed by atoms with van der Waals surface area (Å²) in [7, 11) is 0. The topological polar surface area (TPSA) is 57.8 Å². The van der Waals surface area contributed by atoms with E-state index in [-0.39, 0.29) is 11.6 Å². The molecule has 0 aliphatic rings. The van der Waals surface area contributed by atoms with Crippen molar-refractivity contribution in [3.8, 4) is 0 Å². The Morgan fingerprint density at radius 3 is 3.05 bits per heavy atom. The Morgan fingerprint density at radius 2 is 2.26 bits per heavy atom. The predicted molar refractivity (Wildman–Crippen MR) is 79.8 cm³/mol. The smallest absolute Gasteiger partial charge is 0.268 e. The van der Waals surface area contributed by atoms with Gasteiger partial charge in [0.2, 0.25) is 0 Å². The van der Waals surface area contributed by atoms with Gasteiger partial charge in [0.15, 0.2) is 0 Å². The van der Waals surface area contributed by atoms with Gasteiger partial charge in [0, 0.05) is 10.9 Å². The van der Waals surface area contributed by atoms with E-state index in [1.807, 2.05) is 17.5 Å². The van der Waals surface area contributed by atoms with E-state index in [0.29, 0.717) is 17.1 Å². The van der Waals surface area contributed by atoms with Crippen LogP contribution in [0.2, 0.25) is 0 Å². The molecule has 3 aromatic rings. The van der Waals surface area contributed by atoms with Gasteiger partial charge in [-0.05, 0) is 29.8 Å². The number of fused-ring (bicyclic) bond motifs is 1. The van der Waals surface area contributed by atoms with Crippen LogP contribution in [0.1, 0.15) is 23.7 Å². The first-order valence-corrected chi connectivity index (χ1v) is 7.73. The molecular formula is C13H13N3OS2. The third-order valence-corrected chi connectivity index (χ3v) is 4.87. The number of H-pyrrole nitrogens is 1. The molecule has 0 bridgehead atoms. The Morgan fingerprint density at radius 1 is 1.37 bits per heavy atom. The first kappa shape index (κ1) is 12.5. The van der Waals surface area contributed by atoms with Gasteiger partial charge >= 0.3 is 0 Å². The van der Waals surface area contributed by atoms with Gasteiger partial charge in [0.1, 0.15) is 10.5 Å². The average Bonchev–Trinajstić information content (AvgIpc) is 3.06. The molecule has 0 aliphatic heterocycles. The normalized spacial score (nSPS) is 12.9. The van der Waals surface area contributed by atoms with Gasteiger partial charge in [0.05, 0.1) is 12.1 Å². The van der Waals surface area contributed by atoms with Crippen molar-refractivity contribution in [1.29, 1.82) is 0 Å². The predicted octanol–water partition coefficient (Wildman–Crippen LogP) is 2.90. The second-order valence-electron chi connectivity index (χ2n) is 4.27. The number of hydrogen-bond donors (Lipinski definition) is 2. The summed E-state index contributed by atoms with van der Waals surface area (Å²) in [6.45, 7) is 2.66. The SMILES string of the molecule is CC(NCc1nc2ccsc2c(=O)[nH]1)c1cccs1. The van der Waals surface area contributed by atoms with Gasteiger partial charge in [-0.1, -0.05) is 6.07 Å². The molecule has 98 valence electrons. The zero-order valence-corrected chi connectivity index (χ0v) is 12.0. The molecule has 2 N–H and O–H groups in total. The first-order chi connectivity index (χ1) is 9.24. The Bertz CT molecular complexity index is 730. The Kier molecular flexibility index (Phi) is 3.46. The maximum Gasteiger partial charge on any atom is 0.268 e. The third-order valence-electron chi connectivity index (χ3n) is 2.91. The number of aromatic nitrogens is 2. The molecule has 0 aliphatic carbocycles. The fourth-order valence-corrected chi connectivity index (χ4v) is 3.38. The highest BCUT2D eigenvalue weighted by Gasteiger charge is 2.08. The zero-order valence-electron chi connectivity index (χ0n) is 10.3. The number of rotatable bonds is 4. The lowest BCUT2D eigenvalue weighted by molar-refractivity contribution is 0.567. The van der Waals surface area contributed by atoms with E-state index >= 15 is 0 Å². The Labute approximate surface area is 118 Å². The fourth-order valence-electron chi connectivity index (χ4n) is 1.89. The van der Waals surface area contributed by atoms with Crippen molar-refractivity contribution in [3.63, 3.8) is 0 Å². The lowest BCUT2D eigenvalue weighted by atomic mass is 10.3. The third kappa shape index (κ3) is 2.60. The Balaban J connectivity index is 1.76. The summed E-state index contributed by atoms with van der Waals surface area (Å²) in [4.78, 5) is 20.4. The van der Waals surface area contributed by atoms with Gasteiger partial charge in [0.25, 0.3) is 5.56 Å². The molecule has 3 aromatic heterocycles. The highest BCUT2D eigenvalue weighted by Crippen LogP contribution is 2.18. The van der Waals surface area contributed by atoms with Crippen LogP contribution >= 0.6 is 22.7 Å². The van der Waals surface area contributed by atoms with E-state index in [4.69, 9.17) is 0 Å². The largest absolute Gasteiger partial charge is 0.308 e. The second kappa shape index (κ2) is 5.24. The van der Waals surface area contributed by atoms with Crippen molar-refractivity contribution in [2.24, 2.45) is 0 Å². The molecule has 0 aromatic carbocycles. The molecule has 0 spiro atoms. The summed E-state index contributed by atoms with van der Waals surface area (Å²) < 4.78 is 0.690. The van der Waals surface area contributed by atoms with Crippen LogP contribution in [-0.2, 0) is 6.54 Å². The van der Waals surface area contributed by atoms with Crippen molar-refractivity contribution in [1.82, 2.24) is 15.3 Å². The molecule has 4 nitrogen and oxygen atoms in total. The van der Waals surface area contributed by atoms with E-state index in [1.165, 1.54) is 16.2 Å². The molecule has 0 radical (unpaired) electrons. The highest BCUT2D eigenvalue weighted by molar-refractivity contribution is 7.17. The molecule has 19 heavy (non-hydrogen) atoms. The first-order valence-electron chi connectivity index (χ1n) is 5.97. The molecule has 1 atom stereocenters. The number of thiophene rings is 2. The maximum absolute atomic E-state index is 11.8. The number of hydrogen-bond acceptors (Lipinski definition) is 5. The minimum absolute atomic E-state index is 0.0550. The molecular weight excluding hydrogens is 278 g/mol. The standard InChI is InChI=1S/C13H13N3OS2/c1-8(10-3-2-5-18-10)14-7-11-15-9-4-6-19-12(9)13(17)16-11/h2-6,8,14H,7H2,1H3,(H,15,16,17). The van der Waals surface area contributed by atoms with Crippen LogP contribution in [0.25, 0.3) is 10.2 Å². The molecule has 6 heteroatoms. The van der Waals surface area contributed by atoms with Crippen LogP contribution in [0.15, 0.2) is 33.8 Å². The van der Waals surface area contributed by atoms with Crippen LogP contribution in [0.5, 0.6) is 0 Å². The van der Waals surface area contributed by atoms with Gasteiger partial charge < -0.3 is 10.3 Å². The fraction of sp³-hybridized carbons (Fsp3) is 0.231. The average molecular weight is 291 g/mol. The molecule has 3 rings (SSSR count). The summed E-state index contributed by atoms with van der Waals surface area (Å²) in [5.41, 5.74) is 0.718. The van der Waals surface area contributed by atoms with E-state index in [2.05, 4.69) is 33.7 Å². The van der Waals surface area contributed by atoms with Crippen molar-refractivity contribution >= 4 is 32.9 Å². The summed E-state index contributed by atoms with van der Waals surface area (Å²) in [6.07, 6.45) is 0. The van der Waals surface area contributed by atoms with Crippen molar-refractivity contribution in [3.05, 3.63) is 50.0 Å². The lowest BCUT2D eigenvalue weighted by Gasteiger charge is -2.11. The minimum atomic E-state index is -0.0550. The van der Waals surface area contributed by atoms with E-state index in [1.54, 1.807) is 11.3 Å². The van der Waals surface area contributed by atoms with Gasteiger partial charge in [-0.25, -0.2) is 4.98 Å². The van der Waals surface area contributed by atoms with Gasteiger partial charge in [-0.3, -0.25) is 4.79 Å². The van der Waals surface area contributed by atoms with Crippen molar-refractivity contribution in [2.75, 3.05) is 0 Å². The molecule has 0 saturated heterocycles. The summed E-state index contributed by atoms with van der Waals surface area (Å²) >= 11 is 3.14. The summed E-state index contributed by atoms with van der Waals surface area (Å²) in [5.74, 6) is 0.680. The zero-order chi connectivity index (χ0) is 13.2. The van der Waals surface area contributed by atoms with Gasteiger partial charge in [-0.15, -0.1) is 22.7 Å². The molecule has 0 fully saturated rings. The summed E-state index contributed by atoms with van der Waals surface area (Å²) in [6, 6.07) is 6.26. The van der Waals surface area contributed by atoms with Crippen molar-refractivity contribution < 1.29 is 0 Å². The summed E-state index contributed by atoms with van der Waals surface area (Å²) in [5, 5.41) is 7.31. The number of nitrogens with zero attached hydrogens (tertiary/aromatic N) is 1. The number of aromatic amines is 1. The molecule has 1 unspecified atom stereocenters. The monoisotopic (exact) mass is 291 g/mol. The number of nitrogens with one attached hydrogen (secondary N) is 2.